The van der Waals surface area contributed by atoms with Crippen molar-refractivity contribution in [2.75, 3.05) is 6.61 Å². The molecule has 0 heterocycles. The van der Waals surface area contributed by atoms with Gasteiger partial charge in [0.2, 0.25) is 0 Å². The van der Waals surface area contributed by atoms with Gasteiger partial charge in [-0.05, 0) is 57.7 Å². The largest absolute Gasteiger partial charge is 0.481 e. The van der Waals surface area contributed by atoms with Gasteiger partial charge in [-0.2, -0.15) is 0 Å². The summed E-state index contributed by atoms with van der Waals surface area (Å²) in [5.74, 6) is -1.47. The Labute approximate surface area is 182 Å². The number of aliphatic hydroxyl groups is 1. The van der Waals surface area contributed by atoms with Crippen molar-refractivity contribution >= 4 is 12.1 Å². The van der Waals surface area contributed by atoms with E-state index in [0.29, 0.717) is 17.5 Å². The first-order chi connectivity index (χ1) is 14.4. The summed E-state index contributed by atoms with van der Waals surface area (Å²) in [6, 6.07) is 13.0. The normalized spacial score (nSPS) is 14.4. The molecular weight excluding hydrogens is 401 g/mol. The van der Waals surface area contributed by atoms with E-state index in [1.807, 2.05) is 12.1 Å². The molecule has 0 aromatic heterocycles. The number of alkyl carbamates (subject to hydrolysis) is 1. The molecule has 0 aliphatic rings. The molecule has 0 aliphatic heterocycles. The SMILES string of the molecule is CC(C)(C)OC(=O)N[C@H](Cc1ccc(-c2ccccc2F)cc1)CC(C)(CO)C(=O)O. The van der Waals surface area contributed by atoms with Crippen LogP contribution in [0.4, 0.5) is 9.18 Å². The minimum Gasteiger partial charge on any atom is -0.481 e. The third-order valence-corrected chi connectivity index (χ3v) is 4.90. The molecule has 6 nitrogen and oxygen atoms in total. The smallest absolute Gasteiger partial charge is 0.407 e. The number of hydrogen-bond acceptors (Lipinski definition) is 4. The van der Waals surface area contributed by atoms with Gasteiger partial charge >= 0.3 is 12.1 Å². The van der Waals surface area contributed by atoms with E-state index >= 15 is 0 Å². The van der Waals surface area contributed by atoms with Gasteiger partial charge in [0.05, 0.1) is 12.0 Å². The Morgan fingerprint density at radius 1 is 1.06 bits per heavy atom. The molecule has 0 aliphatic carbocycles. The van der Waals surface area contributed by atoms with Crippen LogP contribution in [0.15, 0.2) is 48.5 Å². The van der Waals surface area contributed by atoms with Crippen LogP contribution in [0.25, 0.3) is 11.1 Å². The molecule has 168 valence electrons. The molecule has 1 unspecified atom stereocenters. The van der Waals surface area contributed by atoms with E-state index in [0.717, 1.165) is 5.56 Å². The third-order valence-electron chi connectivity index (χ3n) is 4.90. The van der Waals surface area contributed by atoms with E-state index in [1.54, 1.807) is 51.1 Å². The first-order valence-electron chi connectivity index (χ1n) is 10.1. The minimum atomic E-state index is -1.42. The molecular formula is C24H30FNO5. The second-order valence-corrected chi connectivity index (χ2v) is 8.95. The Hall–Kier alpha value is -2.93. The number of benzene rings is 2. The Balaban J connectivity index is 2.22. The van der Waals surface area contributed by atoms with Crippen molar-refractivity contribution in [1.29, 1.82) is 0 Å². The summed E-state index contributed by atoms with van der Waals surface area (Å²) in [6.07, 6.45) is -0.335. The van der Waals surface area contributed by atoms with E-state index in [-0.39, 0.29) is 12.2 Å². The summed E-state index contributed by atoms with van der Waals surface area (Å²) in [5.41, 5.74) is -0.108. The lowest BCUT2D eigenvalue weighted by molar-refractivity contribution is -0.151. The fourth-order valence-corrected chi connectivity index (χ4v) is 3.21. The van der Waals surface area contributed by atoms with Crippen LogP contribution >= 0.6 is 0 Å². The molecule has 0 fully saturated rings. The van der Waals surface area contributed by atoms with Crippen molar-refractivity contribution in [3.63, 3.8) is 0 Å². The fourth-order valence-electron chi connectivity index (χ4n) is 3.21. The van der Waals surface area contributed by atoms with Crippen molar-refractivity contribution in [2.45, 2.75) is 52.2 Å². The highest BCUT2D eigenvalue weighted by atomic mass is 19.1. The molecule has 0 saturated carbocycles. The number of carbonyl (C=O) groups is 2. The maximum absolute atomic E-state index is 14.0. The first-order valence-corrected chi connectivity index (χ1v) is 10.1. The number of carboxylic acid groups (broad SMARTS) is 1. The highest BCUT2D eigenvalue weighted by Gasteiger charge is 2.36. The van der Waals surface area contributed by atoms with Crippen LogP contribution in [-0.4, -0.2) is 40.5 Å². The Morgan fingerprint density at radius 2 is 1.68 bits per heavy atom. The predicted octanol–water partition coefficient (Wildman–Crippen LogP) is 4.40. The first kappa shape index (κ1) is 24.3. The average molecular weight is 432 g/mol. The van der Waals surface area contributed by atoms with Crippen LogP contribution in [0.1, 0.15) is 39.7 Å². The highest BCUT2D eigenvalue weighted by Crippen LogP contribution is 2.27. The number of aliphatic carboxylic acids is 1. The number of carboxylic acids is 1. The van der Waals surface area contributed by atoms with Gasteiger partial charge < -0.3 is 20.3 Å². The molecule has 0 saturated heterocycles. The van der Waals surface area contributed by atoms with Crippen LogP contribution in [0.3, 0.4) is 0 Å². The number of ether oxygens (including phenoxy) is 1. The lowest BCUT2D eigenvalue weighted by atomic mass is 9.82. The summed E-state index contributed by atoms with van der Waals surface area (Å²) in [6.45, 7) is 6.07. The van der Waals surface area contributed by atoms with Crippen LogP contribution in [0.5, 0.6) is 0 Å². The highest BCUT2D eigenvalue weighted by molar-refractivity contribution is 5.74. The molecule has 0 radical (unpaired) electrons. The van der Waals surface area contributed by atoms with Crippen LogP contribution in [-0.2, 0) is 16.0 Å². The van der Waals surface area contributed by atoms with Gasteiger partial charge in [0.25, 0.3) is 0 Å². The number of nitrogens with one attached hydrogen (secondary N) is 1. The number of aliphatic hydroxyl groups excluding tert-OH is 1. The van der Waals surface area contributed by atoms with Gasteiger partial charge in [0, 0.05) is 11.6 Å². The molecule has 2 atom stereocenters. The van der Waals surface area contributed by atoms with Crippen molar-refractivity contribution in [3.8, 4) is 11.1 Å². The molecule has 0 bridgehead atoms. The second-order valence-electron chi connectivity index (χ2n) is 8.95. The third kappa shape index (κ3) is 7.07. The van der Waals surface area contributed by atoms with Crippen molar-refractivity contribution in [2.24, 2.45) is 5.41 Å². The van der Waals surface area contributed by atoms with Crippen molar-refractivity contribution in [3.05, 3.63) is 59.9 Å². The van der Waals surface area contributed by atoms with Gasteiger partial charge in [-0.15, -0.1) is 0 Å². The maximum Gasteiger partial charge on any atom is 0.407 e. The molecule has 0 spiro atoms. The van der Waals surface area contributed by atoms with Crippen LogP contribution < -0.4 is 5.32 Å². The van der Waals surface area contributed by atoms with E-state index in [2.05, 4.69) is 5.32 Å². The van der Waals surface area contributed by atoms with Crippen LogP contribution in [0.2, 0.25) is 0 Å². The van der Waals surface area contributed by atoms with E-state index in [1.165, 1.54) is 13.0 Å². The maximum atomic E-state index is 14.0. The lowest BCUT2D eigenvalue weighted by Crippen LogP contribution is -2.45. The Bertz CT molecular complexity index is 907. The number of hydrogen-bond donors (Lipinski definition) is 3. The second kappa shape index (κ2) is 9.92. The topological polar surface area (TPSA) is 95.9 Å². The molecule has 31 heavy (non-hydrogen) atoms. The van der Waals surface area contributed by atoms with E-state index in [4.69, 9.17) is 4.74 Å². The van der Waals surface area contributed by atoms with E-state index < -0.39 is 35.7 Å². The predicted molar refractivity (Wildman–Crippen MR) is 116 cm³/mol. The molecule has 2 aromatic rings. The van der Waals surface area contributed by atoms with Crippen molar-refractivity contribution < 1.29 is 28.9 Å². The standard InChI is InChI=1S/C24H30FNO5/c1-23(2,3)31-22(30)26-18(14-24(4,15-27)21(28)29)13-16-9-11-17(12-10-16)19-7-5-6-8-20(19)25/h5-12,18,27H,13-15H2,1-4H3,(H,26,30)(H,28,29)/t18-,24?/m1/s1. The summed E-state index contributed by atoms with van der Waals surface area (Å²) >= 11 is 0. The average Bonchev–Trinajstić information content (AvgIpc) is 2.67. The van der Waals surface area contributed by atoms with Gasteiger partial charge in [0.1, 0.15) is 11.4 Å². The number of halogens is 1. The summed E-state index contributed by atoms with van der Waals surface area (Å²) < 4.78 is 19.3. The van der Waals surface area contributed by atoms with Crippen LogP contribution in [0, 0.1) is 11.2 Å². The van der Waals surface area contributed by atoms with Gasteiger partial charge in [-0.25, -0.2) is 9.18 Å². The van der Waals surface area contributed by atoms with Crippen molar-refractivity contribution in [1.82, 2.24) is 5.32 Å². The van der Waals surface area contributed by atoms with Gasteiger partial charge in [0.15, 0.2) is 0 Å². The summed E-state index contributed by atoms with van der Waals surface area (Å²) in [7, 11) is 0. The Kier molecular flexibility index (Phi) is 7.79. The molecule has 2 aromatic carbocycles. The molecule has 1 amide bonds. The molecule has 7 heteroatoms. The zero-order valence-electron chi connectivity index (χ0n) is 18.3. The summed E-state index contributed by atoms with van der Waals surface area (Å²) in [4.78, 5) is 23.9. The number of rotatable bonds is 8. The van der Waals surface area contributed by atoms with Gasteiger partial charge in [-0.3, -0.25) is 4.79 Å². The Morgan fingerprint density at radius 3 is 2.19 bits per heavy atom. The zero-order valence-corrected chi connectivity index (χ0v) is 18.3. The number of amides is 1. The molecule has 2 rings (SSSR count). The zero-order chi connectivity index (χ0) is 23.2. The minimum absolute atomic E-state index is 0.00708. The fraction of sp³-hybridized carbons (Fsp3) is 0.417. The lowest BCUT2D eigenvalue weighted by Gasteiger charge is -2.29. The molecule has 3 N–H and O–H groups in total. The summed E-state index contributed by atoms with van der Waals surface area (Å²) in [5, 5.41) is 21.9. The number of carbonyl (C=O) groups excluding carboxylic acids is 1. The quantitative estimate of drug-likeness (QED) is 0.576. The van der Waals surface area contributed by atoms with E-state index in [9.17, 15) is 24.2 Å². The van der Waals surface area contributed by atoms with Gasteiger partial charge in [-0.1, -0.05) is 42.5 Å². The monoisotopic (exact) mass is 431 g/mol.